The lowest BCUT2D eigenvalue weighted by molar-refractivity contribution is -0.268. The highest BCUT2D eigenvalue weighted by Gasteiger charge is 2.77. The van der Waals surface area contributed by atoms with E-state index in [2.05, 4.69) is 0 Å². The van der Waals surface area contributed by atoms with Crippen molar-refractivity contribution in [3.8, 4) is 40.2 Å². The second-order valence-corrected chi connectivity index (χ2v) is 15.5. The Morgan fingerprint density at radius 1 is 0.685 bits per heavy atom. The molecule has 4 aromatic rings. The first-order chi connectivity index (χ1) is 25.7. The number of rotatable bonds is 7. The van der Waals surface area contributed by atoms with E-state index in [4.69, 9.17) is 18.9 Å². The van der Waals surface area contributed by atoms with E-state index in [1.54, 1.807) is 48.5 Å². The third-order valence-electron chi connectivity index (χ3n) is 11.0. The van der Waals surface area contributed by atoms with E-state index in [9.17, 15) is 20.4 Å². The van der Waals surface area contributed by atoms with Gasteiger partial charge in [-0.25, -0.2) is 0 Å². The van der Waals surface area contributed by atoms with E-state index < -0.39 is 29.5 Å². The lowest BCUT2D eigenvalue weighted by Gasteiger charge is -2.40. The summed E-state index contributed by atoms with van der Waals surface area (Å²) >= 11 is 0. The number of hydrogen-bond donors (Lipinski definition) is 4. The van der Waals surface area contributed by atoms with Gasteiger partial charge < -0.3 is 39.4 Å². The fourth-order valence-corrected chi connectivity index (χ4v) is 8.35. The zero-order chi connectivity index (χ0) is 38.3. The topological polar surface area (TPSA) is 135 Å². The average Bonchev–Trinajstić information content (AvgIpc) is 3.60. The summed E-state index contributed by atoms with van der Waals surface area (Å²) in [4.78, 5) is 15.5. The molecule has 4 N–H and O–H groups in total. The molecule has 278 valence electrons. The van der Waals surface area contributed by atoms with Crippen LogP contribution in [-0.2, 0) is 35.4 Å². The molecule has 9 heteroatoms. The Hall–Kier alpha value is -5.67. The lowest BCUT2D eigenvalue weighted by Crippen LogP contribution is -2.49. The van der Waals surface area contributed by atoms with E-state index in [0.717, 1.165) is 16.7 Å². The largest absolute Gasteiger partial charge is 0.508 e. The molecule has 0 radical (unpaired) electrons. The molecule has 1 fully saturated rings. The smallest absolute Gasteiger partial charge is 0.275 e. The van der Waals surface area contributed by atoms with Crippen molar-refractivity contribution in [1.29, 1.82) is 0 Å². The Labute approximate surface area is 314 Å². The molecule has 0 amide bonds. The molecule has 0 unspecified atom stereocenters. The van der Waals surface area contributed by atoms with Crippen LogP contribution in [0.25, 0.3) is 0 Å². The average molecular weight is 729 g/mol. The first-order valence-electron chi connectivity index (χ1n) is 18.3. The van der Waals surface area contributed by atoms with Crippen LogP contribution in [0.1, 0.15) is 91.2 Å². The number of fused-ring (bicyclic) bond motifs is 6. The SMILES string of the molecule is CC(C)=CCc1cc([C@@]23Oc4cc(O)c(CC=C(C)C)cc4C(=O)[C@@H]2[C@@H]2c4ccc(O)cc4O[C@H]4Oc5c(ccc(O)c5CC=C(C)C)[C@]42O3)ccc1O. The van der Waals surface area contributed by atoms with E-state index >= 15 is 4.79 Å². The van der Waals surface area contributed by atoms with Crippen LogP contribution in [0.2, 0.25) is 0 Å². The first-order valence-corrected chi connectivity index (χ1v) is 18.3. The number of Topliss-reactive ketones (excluding diaryl/α,β-unsaturated/α-hetero) is 1. The molecular formula is C45H44O9. The molecule has 1 spiro atoms. The number of phenols is 4. The summed E-state index contributed by atoms with van der Waals surface area (Å²) in [6.45, 7) is 11.9. The standard InChI is InChI=1S/C45H44O9/c1-23(2)7-10-26-19-28(12-17-34(26)47)45-40(41(50)32-20-27(11-8-24(3)4)36(49)22-38(32)53-45)39-31-15-13-29(46)21-37(31)51-43-44(39,54-45)33-16-18-35(48)30(42(33)52-43)14-9-25(5)6/h7-9,12-13,15-22,39-40,43,46-49H,10-11,14H2,1-6H3/t39-,40-,43-,44+,45-/m0/s1. The number of benzene rings is 4. The number of ketones is 1. The van der Waals surface area contributed by atoms with Crippen LogP contribution in [0.15, 0.2) is 95.6 Å². The van der Waals surface area contributed by atoms with Gasteiger partial charge >= 0.3 is 0 Å². The third-order valence-corrected chi connectivity index (χ3v) is 11.0. The maximum Gasteiger partial charge on any atom is 0.275 e. The lowest BCUT2D eigenvalue weighted by atomic mass is 9.66. The summed E-state index contributed by atoms with van der Waals surface area (Å²) < 4.78 is 27.7. The van der Waals surface area contributed by atoms with Crippen LogP contribution >= 0.6 is 0 Å². The summed E-state index contributed by atoms with van der Waals surface area (Å²) in [5, 5.41) is 44.1. The minimum absolute atomic E-state index is 0.0212. The van der Waals surface area contributed by atoms with Crippen LogP contribution in [-0.4, -0.2) is 32.5 Å². The molecule has 0 saturated carbocycles. The van der Waals surface area contributed by atoms with Crippen molar-refractivity contribution in [3.63, 3.8) is 0 Å². The highest BCUT2D eigenvalue weighted by Crippen LogP contribution is 2.71. The summed E-state index contributed by atoms with van der Waals surface area (Å²) in [5.74, 6) is -2.99. The molecule has 0 aromatic heterocycles. The molecule has 4 aliphatic rings. The van der Waals surface area contributed by atoms with Crippen LogP contribution in [0, 0.1) is 5.92 Å². The van der Waals surface area contributed by atoms with Gasteiger partial charge in [-0.2, -0.15) is 0 Å². The predicted octanol–water partition coefficient (Wildman–Crippen LogP) is 8.90. The maximum atomic E-state index is 15.5. The molecule has 54 heavy (non-hydrogen) atoms. The molecule has 4 aliphatic heterocycles. The van der Waals surface area contributed by atoms with Gasteiger partial charge in [0.15, 0.2) is 11.4 Å². The number of phenolic OH excluding ortho intramolecular Hbond substituents is 4. The Balaban J connectivity index is 1.42. The first kappa shape index (κ1) is 35.4. The van der Waals surface area contributed by atoms with E-state index in [1.807, 2.05) is 59.8 Å². The van der Waals surface area contributed by atoms with Gasteiger partial charge in [-0.3, -0.25) is 4.79 Å². The molecule has 5 atom stereocenters. The number of allylic oxidation sites excluding steroid dienone is 6. The molecule has 0 bridgehead atoms. The van der Waals surface area contributed by atoms with Gasteiger partial charge in [-0.05, 0) is 114 Å². The number of carbonyl (C=O) groups excluding carboxylic acids is 1. The zero-order valence-corrected chi connectivity index (χ0v) is 31.2. The van der Waals surface area contributed by atoms with Gasteiger partial charge in [-0.1, -0.05) is 41.0 Å². The predicted molar refractivity (Wildman–Crippen MR) is 203 cm³/mol. The Kier molecular flexibility index (Phi) is 8.34. The zero-order valence-electron chi connectivity index (χ0n) is 31.2. The van der Waals surface area contributed by atoms with E-state index in [1.165, 1.54) is 12.1 Å². The van der Waals surface area contributed by atoms with Gasteiger partial charge in [0, 0.05) is 40.3 Å². The van der Waals surface area contributed by atoms with Gasteiger partial charge in [0.1, 0.15) is 46.2 Å². The van der Waals surface area contributed by atoms with Crippen molar-refractivity contribution >= 4 is 5.78 Å². The fourth-order valence-electron chi connectivity index (χ4n) is 8.35. The van der Waals surface area contributed by atoms with Gasteiger partial charge in [0.2, 0.25) is 5.79 Å². The van der Waals surface area contributed by atoms with Gasteiger partial charge in [0.25, 0.3) is 6.29 Å². The second-order valence-electron chi connectivity index (χ2n) is 15.5. The van der Waals surface area contributed by atoms with Crippen LogP contribution < -0.4 is 14.2 Å². The van der Waals surface area contributed by atoms with E-state index in [0.29, 0.717) is 69.7 Å². The normalized spacial score (nSPS) is 23.9. The second kappa shape index (κ2) is 12.7. The number of aromatic hydroxyl groups is 4. The van der Waals surface area contributed by atoms with Crippen molar-refractivity contribution in [1.82, 2.24) is 0 Å². The molecule has 4 heterocycles. The molecule has 1 saturated heterocycles. The van der Waals surface area contributed by atoms with Gasteiger partial charge in [0.05, 0.1) is 5.56 Å². The summed E-state index contributed by atoms with van der Waals surface area (Å²) in [5.41, 5.74) is 5.38. The Bertz CT molecular complexity index is 2320. The molecule has 0 aliphatic carbocycles. The number of ether oxygens (including phenoxy) is 4. The fraction of sp³-hybridized carbons (Fsp3) is 0.311. The van der Waals surface area contributed by atoms with E-state index in [-0.39, 0.29) is 34.5 Å². The number of hydrogen-bond acceptors (Lipinski definition) is 9. The van der Waals surface area contributed by atoms with Gasteiger partial charge in [-0.15, -0.1) is 0 Å². The van der Waals surface area contributed by atoms with Crippen molar-refractivity contribution < 1.29 is 44.2 Å². The number of carbonyl (C=O) groups is 1. The highest BCUT2D eigenvalue weighted by atomic mass is 16.8. The maximum absolute atomic E-state index is 15.5. The van der Waals surface area contributed by atoms with Crippen LogP contribution in [0.5, 0.6) is 40.2 Å². The Morgan fingerprint density at radius 2 is 1.35 bits per heavy atom. The molecule has 4 aromatic carbocycles. The summed E-state index contributed by atoms with van der Waals surface area (Å²) in [6.07, 6.45) is 6.02. The minimum Gasteiger partial charge on any atom is -0.508 e. The quantitative estimate of drug-likeness (QED) is 0.138. The molecular weight excluding hydrogens is 684 g/mol. The minimum atomic E-state index is -1.82. The monoisotopic (exact) mass is 728 g/mol. The summed E-state index contributed by atoms with van der Waals surface area (Å²) in [7, 11) is 0. The van der Waals surface area contributed by atoms with Crippen molar-refractivity contribution in [2.24, 2.45) is 5.92 Å². The van der Waals surface area contributed by atoms with Crippen LogP contribution in [0.4, 0.5) is 0 Å². The third kappa shape index (κ3) is 5.36. The molecule has 8 rings (SSSR count). The van der Waals surface area contributed by atoms with Crippen molar-refractivity contribution in [2.75, 3.05) is 0 Å². The highest BCUT2D eigenvalue weighted by molar-refractivity contribution is 6.03. The van der Waals surface area contributed by atoms with Crippen molar-refractivity contribution in [2.45, 2.75) is 84.4 Å². The summed E-state index contributed by atoms with van der Waals surface area (Å²) in [6, 6.07) is 16.4. The molecule has 9 nitrogen and oxygen atoms in total. The Morgan fingerprint density at radius 3 is 2.06 bits per heavy atom. The van der Waals surface area contributed by atoms with Crippen LogP contribution in [0.3, 0.4) is 0 Å². The van der Waals surface area contributed by atoms with Crippen molar-refractivity contribution in [3.05, 3.63) is 135 Å².